The Hall–Kier alpha value is -2.17. The zero-order valence-corrected chi connectivity index (χ0v) is 15.1. The van der Waals surface area contributed by atoms with Gasteiger partial charge in [0.25, 0.3) is 0 Å². The van der Waals surface area contributed by atoms with Crippen LogP contribution in [0.2, 0.25) is 0 Å². The van der Waals surface area contributed by atoms with Crippen LogP contribution in [0.25, 0.3) is 0 Å². The van der Waals surface area contributed by atoms with Crippen LogP contribution in [0.4, 0.5) is 0 Å². The molecule has 2 saturated heterocycles. The Kier molecular flexibility index (Phi) is 4.79. The molecule has 0 bridgehead atoms. The summed E-state index contributed by atoms with van der Waals surface area (Å²) in [5.41, 5.74) is 1.62. The van der Waals surface area contributed by atoms with Gasteiger partial charge < -0.3 is 5.11 Å². The first-order valence-electron chi connectivity index (χ1n) is 9.47. The van der Waals surface area contributed by atoms with E-state index in [1.165, 1.54) is 5.56 Å². The summed E-state index contributed by atoms with van der Waals surface area (Å²) in [5.74, 6) is -0.683. The average molecular weight is 350 g/mol. The van der Waals surface area contributed by atoms with Gasteiger partial charge in [0.2, 0.25) is 0 Å². The molecule has 2 unspecified atom stereocenters. The molecule has 4 heteroatoms. The summed E-state index contributed by atoms with van der Waals surface area (Å²) in [6, 6.07) is 21.0. The molecule has 0 aromatic heterocycles. The fourth-order valence-electron chi connectivity index (χ4n) is 4.19. The minimum Gasteiger partial charge on any atom is -0.481 e. The maximum absolute atomic E-state index is 12.0. The fraction of sp³-hybridized carbons (Fsp3) is 0.409. The van der Waals surface area contributed by atoms with Crippen LogP contribution in [0.1, 0.15) is 24.0 Å². The van der Waals surface area contributed by atoms with Crippen molar-refractivity contribution in [3.63, 3.8) is 0 Å². The number of hydrogen-bond donors (Lipinski definition) is 1. The molecule has 0 amide bonds. The number of benzene rings is 2. The summed E-state index contributed by atoms with van der Waals surface area (Å²) in [4.78, 5) is 16.9. The molecule has 2 fully saturated rings. The maximum Gasteiger partial charge on any atom is 0.314 e. The van der Waals surface area contributed by atoms with Crippen molar-refractivity contribution < 1.29 is 9.90 Å². The van der Waals surface area contributed by atoms with Crippen LogP contribution in [0.5, 0.6) is 0 Å². The first-order valence-corrected chi connectivity index (χ1v) is 9.47. The third kappa shape index (κ3) is 3.53. The van der Waals surface area contributed by atoms with Gasteiger partial charge in [0.1, 0.15) is 0 Å². The highest BCUT2D eigenvalue weighted by Gasteiger charge is 2.44. The highest BCUT2D eigenvalue weighted by Crippen LogP contribution is 2.36. The Labute approximate surface area is 155 Å². The van der Waals surface area contributed by atoms with Crippen LogP contribution in [-0.4, -0.2) is 53.2 Å². The minimum atomic E-state index is -0.722. The van der Waals surface area contributed by atoms with E-state index >= 15 is 0 Å². The number of rotatable bonds is 6. The zero-order valence-electron chi connectivity index (χ0n) is 15.1. The second-order valence-corrected chi connectivity index (χ2v) is 7.63. The Bertz CT molecular complexity index is 739. The van der Waals surface area contributed by atoms with Gasteiger partial charge in [0, 0.05) is 25.7 Å². The Morgan fingerprint density at radius 2 is 1.62 bits per heavy atom. The molecule has 2 aliphatic heterocycles. The van der Waals surface area contributed by atoms with Crippen LogP contribution in [0.15, 0.2) is 60.7 Å². The number of carbonyl (C=O) groups is 1. The third-order valence-electron chi connectivity index (χ3n) is 5.97. The number of carboxylic acids is 1. The summed E-state index contributed by atoms with van der Waals surface area (Å²) >= 11 is 0. The van der Waals surface area contributed by atoms with E-state index in [0.717, 1.165) is 38.3 Å². The number of aliphatic carboxylic acids is 1. The van der Waals surface area contributed by atoms with E-state index in [-0.39, 0.29) is 0 Å². The molecular weight excluding hydrogens is 324 g/mol. The third-order valence-corrected chi connectivity index (χ3v) is 5.97. The van der Waals surface area contributed by atoms with Gasteiger partial charge >= 0.3 is 5.97 Å². The van der Waals surface area contributed by atoms with Gasteiger partial charge in [0.15, 0.2) is 0 Å². The average Bonchev–Trinajstić information content (AvgIpc) is 3.41. The van der Waals surface area contributed by atoms with E-state index < -0.39 is 11.4 Å². The molecule has 136 valence electrons. The van der Waals surface area contributed by atoms with E-state index in [1.54, 1.807) is 0 Å². The van der Waals surface area contributed by atoms with Crippen molar-refractivity contribution in [2.24, 2.45) is 0 Å². The van der Waals surface area contributed by atoms with Gasteiger partial charge in [-0.05, 0) is 30.4 Å². The van der Waals surface area contributed by atoms with Gasteiger partial charge in [-0.2, -0.15) is 0 Å². The fourth-order valence-corrected chi connectivity index (χ4v) is 4.19. The monoisotopic (exact) mass is 350 g/mol. The molecule has 26 heavy (non-hydrogen) atoms. The van der Waals surface area contributed by atoms with Gasteiger partial charge in [-0.1, -0.05) is 60.7 Å². The molecule has 2 aromatic rings. The lowest BCUT2D eigenvalue weighted by molar-refractivity contribution is -0.146. The summed E-state index contributed by atoms with van der Waals surface area (Å²) in [5, 5.41) is 9.90. The van der Waals surface area contributed by atoms with Crippen molar-refractivity contribution in [1.29, 1.82) is 0 Å². The lowest BCUT2D eigenvalue weighted by Crippen LogP contribution is -2.48. The smallest absolute Gasteiger partial charge is 0.314 e. The molecule has 2 aliphatic rings. The zero-order chi connectivity index (χ0) is 18.0. The summed E-state index contributed by atoms with van der Waals surface area (Å²) in [6.07, 6.45) is 2.48. The number of hydrogen-bond acceptors (Lipinski definition) is 3. The van der Waals surface area contributed by atoms with Crippen LogP contribution in [0, 0.1) is 0 Å². The molecule has 2 aromatic carbocycles. The lowest BCUT2D eigenvalue weighted by Gasteiger charge is -2.39. The topological polar surface area (TPSA) is 43.5 Å². The molecule has 0 spiro atoms. The van der Waals surface area contributed by atoms with E-state index in [0.29, 0.717) is 18.9 Å². The highest BCUT2D eigenvalue weighted by molar-refractivity contribution is 5.81. The highest BCUT2D eigenvalue weighted by atomic mass is 16.4. The van der Waals surface area contributed by atoms with Crippen LogP contribution < -0.4 is 0 Å². The predicted molar refractivity (Wildman–Crippen MR) is 102 cm³/mol. The normalized spacial score (nSPS) is 24.9. The van der Waals surface area contributed by atoms with Crippen molar-refractivity contribution in [3.8, 4) is 0 Å². The molecule has 4 nitrogen and oxygen atoms in total. The van der Waals surface area contributed by atoms with E-state index in [9.17, 15) is 9.90 Å². The van der Waals surface area contributed by atoms with E-state index in [2.05, 4.69) is 40.1 Å². The quantitative estimate of drug-likeness (QED) is 0.814. The molecule has 1 N–H and O–H groups in total. The molecule has 0 radical (unpaired) electrons. The molecule has 0 aliphatic carbocycles. The summed E-state index contributed by atoms with van der Waals surface area (Å²) < 4.78 is 0. The van der Waals surface area contributed by atoms with E-state index in [1.807, 2.05) is 30.3 Å². The standard InChI is InChI=1S/C22H26N2O2/c25-21(26)22(19-9-5-2-6-10-19)11-13-23(14-12-22)17-24-16-20(24)15-18-7-3-1-4-8-18/h1-10,20H,11-17H2,(H,25,26). The number of piperidine rings is 1. The van der Waals surface area contributed by atoms with Gasteiger partial charge in [-0.3, -0.25) is 14.6 Å². The molecular formula is C22H26N2O2. The van der Waals surface area contributed by atoms with Crippen molar-refractivity contribution >= 4 is 5.97 Å². The largest absolute Gasteiger partial charge is 0.481 e. The Balaban J connectivity index is 1.32. The first-order chi connectivity index (χ1) is 12.7. The van der Waals surface area contributed by atoms with Gasteiger partial charge in [0.05, 0.1) is 12.1 Å². The van der Waals surface area contributed by atoms with Crippen LogP contribution in [0.3, 0.4) is 0 Å². The summed E-state index contributed by atoms with van der Waals surface area (Å²) in [7, 11) is 0. The van der Waals surface area contributed by atoms with Crippen LogP contribution >= 0.6 is 0 Å². The number of carboxylic acid groups (broad SMARTS) is 1. The second kappa shape index (κ2) is 7.22. The van der Waals surface area contributed by atoms with Crippen molar-refractivity contribution in [2.75, 3.05) is 26.3 Å². The van der Waals surface area contributed by atoms with Gasteiger partial charge in [-0.25, -0.2) is 0 Å². The first kappa shape index (κ1) is 17.3. The Morgan fingerprint density at radius 3 is 2.23 bits per heavy atom. The minimum absolute atomic E-state index is 0.637. The van der Waals surface area contributed by atoms with E-state index in [4.69, 9.17) is 0 Å². The number of likely N-dealkylation sites (tertiary alicyclic amines) is 1. The van der Waals surface area contributed by atoms with Crippen molar-refractivity contribution in [1.82, 2.24) is 9.80 Å². The van der Waals surface area contributed by atoms with Crippen molar-refractivity contribution in [3.05, 3.63) is 71.8 Å². The molecule has 2 atom stereocenters. The van der Waals surface area contributed by atoms with Gasteiger partial charge in [-0.15, -0.1) is 0 Å². The van der Waals surface area contributed by atoms with Crippen LogP contribution in [-0.2, 0) is 16.6 Å². The Morgan fingerprint density at radius 1 is 1.00 bits per heavy atom. The number of nitrogens with zero attached hydrogens (tertiary/aromatic N) is 2. The summed E-state index contributed by atoms with van der Waals surface area (Å²) in [6.45, 7) is 3.79. The SMILES string of the molecule is O=C(O)C1(c2ccccc2)CCN(CN2CC2Cc2ccccc2)CC1. The second-order valence-electron chi connectivity index (χ2n) is 7.63. The molecule has 4 rings (SSSR count). The molecule has 2 heterocycles. The molecule has 0 saturated carbocycles. The van der Waals surface area contributed by atoms with Crippen molar-refractivity contribution in [2.45, 2.75) is 30.7 Å². The maximum atomic E-state index is 12.0. The lowest BCUT2D eigenvalue weighted by atomic mass is 9.73. The predicted octanol–water partition coefficient (Wildman–Crippen LogP) is 2.99.